The number of rotatable bonds is 4. The number of carbonyl (C=O) groups excluding carboxylic acids is 1. The van der Waals surface area contributed by atoms with Gasteiger partial charge in [0.2, 0.25) is 0 Å². The molecule has 0 aromatic heterocycles. The lowest BCUT2D eigenvalue weighted by molar-refractivity contribution is 0.0209. The molecule has 5 nitrogen and oxygen atoms in total. The summed E-state index contributed by atoms with van der Waals surface area (Å²) in [6, 6.07) is 4.08. The minimum Gasteiger partial charge on any atom is -0.379 e. The van der Waals surface area contributed by atoms with Crippen molar-refractivity contribution in [3.05, 3.63) is 28.5 Å². The quantitative estimate of drug-likeness (QED) is 0.867. The van der Waals surface area contributed by atoms with Crippen LogP contribution >= 0.6 is 15.9 Å². The van der Waals surface area contributed by atoms with Gasteiger partial charge in [-0.1, -0.05) is 0 Å². The van der Waals surface area contributed by atoms with Crippen molar-refractivity contribution in [2.75, 3.05) is 38.2 Å². The van der Waals surface area contributed by atoms with E-state index in [9.17, 15) is 9.18 Å². The van der Waals surface area contributed by atoms with Gasteiger partial charge in [0, 0.05) is 30.1 Å². The van der Waals surface area contributed by atoms with Crippen LogP contribution in [-0.2, 0) is 4.74 Å². The molecule has 116 valence electrons. The molecule has 1 aromatic carbocycles. The third-order valence-electron chi connectivity index (χ3n) is 3.41. The highest BCUT2D eigenvalue weighted by Crippen LogP contribution is 2.22. The van der Waals surface area contributed by atoms with E-state index in [-0.39, 0.29) is 17.9 Å². The van der Waals surface area contributed by atoms with Crippen LogP contribution in [0.5, 0.6) is 0 Å². The first kappa shape index (κ1) is 16.2. The SMILES string of the molecule is C[C@@H](CNC(=O)Nc1ccc(F)cc1Br)N1CCOCC1. The molecule has 7 heteroatoms. The van der Waals surface area contributed by atoms with E-state index >= 15 is 0 Å². The van der Waals surface area contributed by atoms with Crippen molar-refractivity contribution in [2.24, 2.45) is 0 Å². The van der Waals surface area contributed by atoms with Gasteiger partial charge >= 0.3 is 6.03 Å². The molecule has 0 aliphatic carbocycles. The van der Waals surface area contributed by atoms with Gasteiger partial charge in [-0.3, -0.25) is 4.90 Å². The van der Waals surface area contributed by atoms with Gasteiger partial charge in [-0.15, -0.1) is 0 Å². The van der Waals surface area contributed by atoms with Crippen LogP contribution in [0.15, 0.2) is 22.7 Å². The van der Waals surface area contributed by atoms with E-state index in [2.05, 4.69) is 38.4 Å². The Balaban J connectivity index is 1.78. The molecule has 1 aliphatic rings. The number of nitrogens with zero attached hydrogens (tertiary/aromatic N) is 1. The van der Waals surface area contributed by atoms with Crippen molar-refractivity contribution in [3.63, 3.8) is 0 Å². The maximum Gasteiger partial charge on any atom is 0.319 e. The first-order valence-electron chi connectivity index (χ1n) is 6.88. The molecule has 1 fully saturated rings. The summed E-state index contributed by atoms with van der Waals surface area (Å²) in [4.78, 5) is 14.1. The van der Waals surface area contributed by atoms with E-state index in [1.807, 2.05) is 0 Å². The summed E-state index contributed by atoms with van der Waals surface area (Å²) in [6.45, 7) is 5.85. The number of morpholine rings is 1. The zero-order valence-electron chi connectivity index (χ0n) is 11.9. The summed E-state index contributed by atoms with van der Waals surface area (Å²) in [6.07, 6.45) is 0. The Hall–Kier alpha value is -1.18. The highest BCUT2D eigenvalue weighted by atomic mass is 79.9. The molecule has 1 aliphatic heterocycles. The van der Waals surface area contributed by atoms with Gasteiger partial charge in [-0.2, -0.15) is 0 Å². The van der Waals surface area contributed by atoms with E-state index in [0.717, 1.165) is 26.3 Å². The molecule has 21 heavy (non-hydrogen) atoms. The monoisotopic (exact) mass is 359 g/mol. The van der Waals surface area contributed by atoms with Gasteiger partial charge in [0.05, 0.1) is 18.9 Å². The molecule has 0 saturated carbocycles. The molecule has 0 radical (unpaired) electrons. The first-order valence-corrected chi connectivity index (χ1v) is 7.67. The fourth-order valence-corrected chi connectivity index (χ4v) is 2.60. The number of halogens is 2. The van der Waals surface area contributed by atoms with E-state index in [4.69, 9.17) is 4.74 Å². The Morgan fingerprint density at radius 2 is 2.19 bits per heavy atom. The Kier molecular flexibility index (Phi) is 5.96. The summed E-state index contributed by atoms with van der Waals surface area (Å²) in [5, 5.41) is 5.51. The van der Waals surface area contributed by atoms with Gasteiger partial charge in [-0.25, -0.2) is 9.18 Å². The van der Waals surface area contributed by atoms with Gasteiger partial charge in [-0.05, 0) is 41.1 Å². The Bertz CT molecular complexity index is 495. The van der Waals surface area contributed by atoms with E-state index in [1.165, 1.54) is 18.2 Å². The van der Waals surface area contributed by atoms with Crippen molar-refractivity contribution in [2.45, 2.75) is 13.0 Å². The van der Waals surface area contributed by atoms with Crippen molar-refractivity contribution in [1.29, 1.82) is 0 Å². The van der Waals surface area contributed by atoms with E-state index in [1.54, 1.807) is 0 Å². The molecule has 0 unspecified atom stereocenters. The standard InChI is InChI=1S/C14H19BrFN3O2/c1-10(19-4-6-21-7-5-19)9-17-14(20)18-13-3-2-11(16)8-12(13)15/h2-3,8,10H,4-7,9H2,1H3,(H2,17,18,20)/t10-/m0/s1. The Morgan fingerprint density at radius 3 is 2.86 bits per heavy atom. The highest BCUT2D eigenvalue weighted by molar-refractivity contribution is 9.10. The summed E-state index contributed by atoms with van der Waals surface area (Å²) in [5.74, 6) is -0.353. The number of nitrogens with one attached hydrogen (secondary N) is 2. The lowest BCUT2D eigenvalue weighted by Crippen LogP contribution is -2.47. The topological polar surface area (TPSA) is 53.6 Å². The third-order valence-corrected chi connectivity index (χ3v) is 4.06. The molecule has 0 spiro atoms. The molecule has 1 saturated heterocycles. The Labute approximate surface area is 132 Å². The van der Waals surface area contributed by atoms with Crippen LogP contribution in [0.4, 0.5) is 14.9 Å². The minimum atomic E-state index is -0.353. The lowest BCUT2D eigenvalue weighted by atomic mass is 10.2. The summed E-state index contributed by atoms with van der Waals surface area (Å²) in [7, 11) is 0. The molecule has 1 heterocycles. The van der Waals surface area contributed by atoms with E-state index < -0.39 is 0 Å². The van der Waals surface area contributed by atoms with Crippen LogP contribution < -0.4 is 10.6 Å². The number of urea groups is 1. The van der Waals surface area contributed by atoms with Crippen LogP contribution in [0.3, 0.4) is 0 Å². The zero-order valence-corrected chi connectivity index (χ0v) is 13.5. The number of anilines is 1. The molecule has 0 bridgehead atoms. The van der Waals surface area contributed by atoms with Crippen molar-refractivity contribution >= 4 is 27.6 Å². The smallest absolute Gasteiger partial charge is 0.319 e. The van der Waals surface area contributed by atoms with Crippen LogP contribution in [0.25, 0.3) is 0 Å². The average molecular weight is 360 g/mol. The zero-order chi connectivity index (χ0) is 15.2. The minimum absolute atomic E-state index is 0.247. The fraction of sp³-hybridized carbons (Fsp3) is 0.500. The Morgan fingerprint density at radius 1 is 1.48 bits per heavy atom. The van der Waals surface area contributed by atoms with Crippen molar-refractivity contribution in [3.8, 4) is 0 Å². The van der Waals surface area contributed by atoms with Gasteiger partial charge in [0.1, 0.15) is 5.82 Å². The normalized spacial score (nSPS) is 17.3. The fourth-order valence-electron chi connectivity index (χ4n) is 2.15. The summed E-state index contributed by atoms with van der Waals surface area (Å²) >= 11 is 3.21. The molecule has 2 N–H and O–H groups in total. The third kappa shape index (κ3) is 4.94. The van der Waals surface area contributed by atoms with Gasteiger partial charge in [0.25, 0.3) is 0 Å². The lowest BCUT2D eigenvalue weighted by Gasteiger charge is -2.32. The van der Waals surface area contributed by atoms with Gasteiger partial charge in [0.15, 0.2) is 0 Å². The number of benzene rings is 1. The van der Waals surface area contributed by atoms with Crippen molar-refractivity contribution in [1.82, 2.24) is 10.2 Å². The number of carbonyl (C=O) groups is 1. The number of ether oxygens (including phenoxy) is 1. The van der Waals surface area contributed by atoms with Crippen LogP contribution in [0.1, 0.15) is 6.92 Å². The predicted molar refractivity (Wildman–Crippen MR) is 83.0 cm³/mol. The summed E-state index contributed by atoms with van der Waals surface area (Å²) in [5.41, 5.74) is 0.535. The number of hydrogen-bond acceptors (Lipinski definition) is 3. The maximum absolute atomic E-state index is 13.0. The molecule has 2 amide bonds. The second-order valence-electron chi connectivity index (χ2n) is 4.96. The number of amides is 2. The van der Waals surface area contributed by atoms with Crippen LogP contribution in [0, 0.1) is 5.82 Å². The second kappa shape index (κ2) is 7.72. The molecular formula is C14H19BrFN3O2. The number of hydrogen-bond donors (Lipinski definition) is 2. The first-order chi connectivity index (χ1) is 10.1. The second-order valence-corrected chi connectivity index (χ2v) is 5.81. The van der Waals surface area contributed by atoms with E-state index in [0.29, 0.717) is 16.7 Å². The largest absolute Gasteiger partial charge is 0.379 e. The molecule has 1 atom stereocenters. The average Bonchev–Trinajstić information content (AvgIpc) is 2.48. The maximum atomic E-state index is 13.0. The van der Waals surface area contributed by atoms with Gasteiger partial charge < -0.3 is 15.4 Å². The molecule has 1 aromatic rings. The highest BCUT2D eigenvalue weighted by Gasteiger charge is 2.17. The molecule has 2 rings (SSSR count). The predicted octanol–water partition coefficient (Wildman–Crippen LogP) is 2.43. The van der Waals surface area contributed by atoms with Crippen LogP contribution in [0.2, 0.25) is 0 Å². The van der Waals surface area contributed by atoms with Crippen molar-refractivity contribution < 1.29 is 13.9 Å². The molecular weight excluding hydrogens is 341 g/mol. The van der Waals surface area contributed by atoms with Crippen LogP contribution in [-0.4, -0.2) is 49.8 Å². The summed E-state index contributed by atoms with van der Waals surface area (Å²) < 4.78 is 18.8.